The predicted octanol–water partition coefficient (Wildman–Crippen LogP) is 0.112. The molecule has 0 rings (SSSR count). The molecule has 0 unspecified atom stereocenters. The number of carbonyl (C=O) groups excluding carboxylic acids is 1. The van der Waals surface area contributed by atoms with Crippen LogP contribution in [0.3, 0.4) is 0 Å². The van der Waals surface area contributed by atoms with Crippen LogP contribution in [0.25, 0.3) is 0 Å². The minimum atomic E-state index is -1.50. The van der Waals surface area contributed by atoms with E-state index in [1.54, 1.807) is 0 Å². The van der Waals surface area contributed by atoms with Gasteiger partial charge in [-0.1, -0.05) is 0 Å². The highest BCUT2D eigenvalue weighted by Gasteiger charge is 2.13. The molecule has 0 heterocycles. The molecule has 0 N–H and O–H groups in total. The van der Waals surface area contributed by atoms with Gasteiger partial charge in [-0.15, -0.1) is 0 Å². The molecular formula is C12H27NO5. The third kappa shape index (κ3) is 17.5. The van der Waals surface area contributed by atoms with Gasteiger partial charge in [0.2, 0.25) is 0 Å². The molecule has 0 aliphatic carbocycles. The van der Waals surface area contributed by atoms with E-state index in [0.717, 1.165) is 51.1 Å². The first-order valence-electron chi connectivity index (χ1n) is 6.12. The molecule has 110 valence electrons. The molecular weight excluding hydrogens is 238 g/mol. The van der Waals surface area contributed by atoms with Gasteiger partial charge in [-0.25, -0.2) is 0 Å². The molecule has 0 atom stereocenters. The predicted molar refractivity (Wildman–Crippen MR) is 67.2 cm³/mol. The molecule has 0 radical (unpaired) electrons. The van der Waals surface area contributed by atoms with Crippen molar-refractivity contribution in [2.45, 2.75) is 13.8 Å². The summed E-state index contributed by atoms with van der Waals surface area (Å²) in [6.45, 7) is 9.48. The van der Waals surface area contributed by atoms with Crippen LogP contribution in [0.2, 0.25) is 0 Å². The van der Waals surface area contributed by atoms with Gasteiger partial charge in [-0.2, -0.15) is 0 Å². The van der Waals surface area contributed by atoms with E-state index in [1.807, 2.05) is 13.8 Å². The number of ether oxygens (including phenoxy) is 3. The fourth-order valence-electron chi connectivity index (χ4n) is 1.02. The molecule has 0 aromatic carbocycles. The molecule has 0 aliphatic heterocycles. The Morgan fingerprint density at radius 3 is 1.61 bits per heavy atom. The highest BCUT2D eigenvalue weighted by Crippen LogP contribution is 1.96. The highest BCUT2D eigenvalue weighted by atomic mass is 16.6. The topological polar surface area (TPSA) is 67.8 Å². The number of hydrogen-bond donors (Lipinski definition) is 0. The van der Waals surface area contributed by atoms with E-state index >= 15 is 0 Å². The zero-order valence-electron chi connectivity index (χ0n) is 12.2. The SMILES string of the molecule is CCOCC[N+](C)(C)CCOCC.COC(=O)[O-]. The smallest absolute Gasteiger partial charge is 0.251 e. The normalized spacial score (nSPS) is 10.5. The van der Waals surface area contributed by atoms with Gasteiger partial charge in [-0.05, 0) is 13.8 Å². The maximum atomic E-state index is 9.03. The van der Waals surface area contributed by atoms with Crippen molar-refractivity contribution < 1.29 is 28.6 Å². The zero-order chi connectivity index (χ0) is 14.4. The van der Waals surface area contributed by atoms with Gasteiger partial charge in [0.25, 0.3) is 6.16 Å². The van der Waals surface area contributed by atoms with Gasteiger partial charge in [0, 0.05) is 20.3 Å². The fourth-order valence-corrected chi connectivity index (χ4v) is 1.02. The molecule has 0 aromatic rings. The fraction of sp³-hybridized carbons (Fsp3) is 0.917. The second-order valence-electron chi connectivity index (χ2n) is 4.23. The lowest BCUT2D eigenvalue weighted by Gasteiger charge is -2.29. The van der Waals surface area contributed by atoms with Gasteiger partial charge in [0.05, 0.1) is 27.3 Å². The lowest BCUT2D eigenvalue weighted by atomic mass is 10.4. The zero-order valence-corrected chi connectivity index (χ0v) is 12.2. The second kappa shape index (κ2) is 12.6. The van der Waals surface area contributed by atoms with Crippen molar-refractivity contribution in [2.24, 2.45) is 0 Å². The lowest BCUT2D eigenvalue weighted by molar-refractivity contribution is -0.891. The molecule has 6 nitrogen and oxygen atoms in total. The number of hydrogen-bond acceptors (Lipinski definition) is 5. The number of carboxylic acid groups (broad SMARTS) is 1. The van der Waals surface area contributed by atoms with Crippen molar-refractivity contribution >= 4 is 6.16 Å². The molecule has 0 aliphatic rings. The maximum Gasteiger partial charge on any atom is 0.251 e. The van der Waals surface area contributed by atoms with Crippen molar-refractivity contribution in [1.82, 2.24) is 0 Å². The first kappa shape index (κ1) is 19.5. The Hall–Kier alpha value is -0.850. The third-order valence-corrected chi connectivity index (χ3v) is 2.26. The van der Waals surface area contributed by atoms with Crippen molar-refractivity contribution in [3.05, 3.63) is 0 Å². The summed E-state index contributed by atoms with van der Waals surface area (Å²) in [4.78, 5) is 9.03. The van der Waals surface area contributed by atoms with E-state index in [9.17, 15) is 0 Å². The summed E-state index contributed by atoms with van der Waals surface area (Å²) in [5, 5.41) is 9.03. The molecule has 0 bridgehead atoms. The van der Waals surface area contributed by atoms with Gasteiger partial charge in [0.1, 0.15) is 13.1 Å². The van der Waals surface area contributed by atoms with Crippen LogP contribution in [0.15, 0.2) is 0 Å². The number of quaternary nitrogens is 1. The Kier molecular flexibility index (Phi) is 13.6. The first-order chi connectivity index (χ1) is 8.39. The van der Waals surface area contributed by atoms with Crippen molar-refractivity contribution in [3.63, 3.8) is 0 Å². The van der Waals surface area contributed by atoms with Crippen LogP contribution >= 0.6 is 0 Å². The van der Waals surface area contributed by atoms with Crippen molar-refractivity contribution in [2.75, 3.05) is 60.7 Å². The van der Waals surface area contributed by atoms with Gasteiger partial charge < -0.3 is 28.6 Å². The van der Waals surface area contributed by atoms with Crippen molar-refractivity contribution in [1.29, 1.82) is 0 Å². The van der Waals surface area contributed by atoms with Crippen molar-refractivity contribution in [3.8, 4) is 0 Å². The summed E-state index contributed by atoms with van der Waals surface area (Å²) in [6.07, 6.45) is -1.50. The van der Waals surface area contributed by atoms with E-state index in [4.69, 9.17) is 19.4 Å². The molecule has 0 amide bonds. The number of likely N-dealkylation sites (N-methyl/N-ethyl adjacent to an activating group) is 1. The average Bonchev–Trinajstić information content (AvgIpc) is 2.30. The van der Waals surface area contributed by atoms with Gasteiger partial charge in [0.15, 0.2) is 0 Å². The molecule has 0 saturated carbocycles. The number of carbonyl (C=O) groups is 1. The van der Waals surface area contributed by atoms with Crippen LogP contribution in [0, 0.1) is 0 Å². The number of methoxy groups -OCH3 is 1. The van der Waals surface area contributed by atoms with E-state index in [1.165, 1.54) is 0 Å². The summed E-state index contributed by atoms with van der Waals surface area (Å²) >= 11 is 0. The van der Waals surface area contributed by atoms with Crippen LogP contribution in [0.4, 0.5) is 4.79 Å². The monoisotopic (exact) mass is 265 g/mol. The van der Waals surface area contributed by atoms with Crippen LogP contribution in [-0.4, -0.2) is 71.4 Å². The van der Waals surface area contributed by atoms with Crippen LogP contribution < -0.4 is 5.11 Å². The van der Waals surface area contributed by atoms with Gasteiger partial charge in [-0.3, -0.25) is 0 Å². The minimum Gasteiger partial charge on any atom is -0.553 e. The average molecular weight is 265 g/mol. The largest absolute Gasteiger partial charge is 0.553 e. The Morgan fingerprint density at radius 2 is 1.39 bits per heavy atom. The van der Waals surface area contributed by atoms with E-state index in [0.29, 0.717) is 0 Å². The second-order valence-corrected chi connectivity index (χ2v) is 4.23. The number of nitrogens with zero attached hydrogens (tertiary/aromatic N) is 1. The lowest BCUT2D eigenvalue weighted by Crippen LogP contribution is -2.44. The Bertz CT molecular complexity index is 185. The molecule has 0 spiro atoms. The summed E-state index contributed by atoms with van der Waals surface area (Å²) < 4.78 is 15.2. The summed E-state index contributed by atoms with van der Waals surface area (Å²) in [5.41, 5.74) is 0. The Morgan fingerprint density at radius 1 is 1.06 bits per heavy atom. The van der Waals surface area contributed by atoms with Gasteiger partial charge >= 0.3 is 0 Å². The quantitative estimate of drug-likeness (QED) is 0.354. The van der Waals surface area contributed by atoms with Crippen LogP contribution in [0.5, 0.6) is 0 Å². The molecule has 0 aromatic heterocycles. The molecule has 18 heavy (non-hydrogen) atoms. The summed E-state index contributed by atoms with van der Waals surface area (Å²) in [5.74, 6) is 0. The first-order valence-corrected chi connectivity index (χ1v) is 6.12. The molecule has 6 heteroatoms. The van der Waals surface area contributed by atoms with Crippen LogP contribution in [-0.2, 0) is 14.2 Å². The Balaban J connectivity index is 0. The minimum absolute atomic E-state index is 0.811. The Labute approximate surface area is 110 Å². The standard InChI is InChI=1S/C10H24NO2.C2H4O3/c1-5-12-9-7-11(3,4)8-10-13-6-2;1-5-2(3)4/h5-10H2,1-4H3;1H3,(H,3,4)/q+1;/p-1. The summed E-state index contributed by atoms with van der Waals surface area (Å²) in [7, 11) is 5.45. The number of rotatable bonds is 8. The van der Waals surface area contributed by atoms with Crippen LogP contribution in [0.1, 0.15) is 13.8 Å². The van der Waals surface area contributed by atoms with E-state index in [2.05, 4.69) is 18.8 Å². The van der Waals surface area contributed by atoms with E-state index in [-0.39, 0.29) is 0 Å². The van der Waals surface area contributed by atoms with E-state index < -0.39 is 6.16 Å². The summed E-state index contributed by atoms with van der Waals surface area (Å²) in [6, 6.07) is 0. The molecule has 0 saturated heterocycles. The highest BCUT2D eigenvalue weighted by molar-refractivity contribution is 5.53. The third-order valence-electron chi connectivity index (χ3n) is 2.26. The molecule has 0 fully saturated rings. The maximum absolute atomic E-state index is 9.03.